The Balaban J connectivity index is 1.63. The van der Waals surface area contributed by atoms with Crippen molar-refractivity contribution >= 4 is 34.7 Å². The lowest BCUT2D eigenvalue weighted by atomic mass is 10.1. The summed E-state index contributed by atoms with van der Waals surface area (Å²) < 4.78 is 7.40. The van der Waals surface area contributed by atoms with E-state index in [1.807, 2.05) is 71.6 Å². The lowest BCUT2D eigenvalue weighted by Gasteiger charge is -2.10. The summed E-state index contributed by atoms with van der Waals surface area (Å²) in [5.74, 6) is 0.385. The van der Waals surface area contributed by atoms with Gasteiger partial charge in [-0.3, -0.25) is 4.79 Å². The highest BCUT2D eigenvalue weighted by Gasteiger charge is 2.11. The molecule has 0 aliphatic rings. The molecule has 0 fully saturated rings. The average Bonchev–Trinajstić information content (AvgIpc) is 3.37. The third kappa shape index (κ3) is 3.68. The second-order valence-corrected chi connectivity index (χ2v) is 7.28. The summed E-state index contributed by atoms with van der Waals surface area (Å²) in [7, 11) is 1.58. The van der Waals surface area contributed by atoms with Crippen molar-refractivity contribution < 1.29 is 9.53 Å². The predicted octanol–water partition coefficient (Wildman–Crippen LogP) is 5.03. The molecule has 0 spiro atoms. The molecular formula is C22H19N3O2S. The number of hydrogen-bond donors (Lipinski definition) is 1. The summed E-state index contributed by atoms with van der Waals surface area (Å²) in [6.45, 7) is 2.03. The molecule has 0 aliphatic carbocycles. The van der Waals surface area contributed by atoms with Crippen molar-refractivity contribution in [3.05, 3.63) is 76.8 Å². The van der Waals surface area contributed by atoms with Crippen LogP contribution in [0.4, 0.5) is 5.69 Å². The van der Waals surface area contributed by atoms with Crippen LogP contribution < -0.4 is 10.1 Å². The van der Waals surface area contributed by atoms with Crippen molar-refractivity contribution in [2.24, 2.45) is 0 Å². The van der Waals surface area contributed by atoms with Crippen molar-refractivity contribution in [2.75, 3.05) is 12.4 Å². The minimum atomic E-state index is -0.213. The van der Waals surface area contributed by atoms with Crippen LogP contribution in [0.15, 0.2) is 66.3 Å². The molecule has 4 rings (SSSR count). The van der Waals surface area contributed by atoms with Crippen LogP contribution in [0, 0.1) is 6.92 Å². The highest BCUT2D eigenvalue weighted by atomic mass is 32.1. The molecule has 0 saturated carbocycles. The normalized spacial score (nSPS) is 11.2. The van der Waals surface area contributed by atoms with Gasteiger partial charge in [-0.05, 0) is 54.3 Å². The molecule has 0 saturated heterocycles. The zero-order valence-corrected chi connectivity index (χ0v) is 16.4. The van der Waals surface area contributed by atoms with Gasteiger partial charge in [-0.2, -0.15) is 0 Å². The van der Waals surface area contributed by atoms with Gasteiger partial charge in [0.15, 0.2) is 0 Å². The van der Waals surface area contributed by atoms with E-state index in [9.17, 15) is 4.79 Å². The largest absolute Gasteiger partial charge is 0.495 e. The molecular weight excluding hydrogens is 370 g/mol. The third-order valence-corrected chi connectivity index (χ3v) is 5.21. The van der Waals surface area contributed by atoms with E-state index in [-0.39, 0.29) is 5.91 Å². The summed E-state index contributed by atoms with van der Waals surface area (Å²) in [6.07, 6.45) is 7.26. The molecule has 0 atom stereocenters. The number of carbonyl (C=O) groups excluding carboxylic acids is 1. The van der Waals surface area contributed by atoms with Gasteiger partial charge in [-0.1, -0.05) is 12.1 Å². The van der Waals surface area contributed by atoms with Gasteiger partial charge in [0.1, 0.15) is 11.4 Å². The Bertz CT molecular complexity index is 1160. The van der Waals surface area contributed by atoms with E-state index in [0.29, 0.717) is 11.4 Å². The molecule has 28 heavy (non-hydrogen) atoms. The molecule has 6 heteroatoms. The van der Waals surface area contributed by atoms with Gasteiger partial charge >= 0.3 is 0 Å². The molecule has 0 aliphatic heterocycles. The van der Waals surface area contributed by atoms with Crippen LogP contribution in [0.5, 0.6) is 5.75 Å². The Morgan fingerprint density at radius 2 is 2.14 bits per heavy atom. The number of benzene rings is 1. The molecule has 140 valence electrons. The first-order valence-corrected chi connectivity index (χ1v) is 9.67. The number of imidazole rings is 1. The number of fused-ring (bicyclic) bond motifs is 1. The van der Waals surface area contributed by atoms with E-state index in [0.717, 1.165) is 27.3 Å². The quantitative estimate of drug-likeness (QED) is 0.487. The number of thiophene rings is 1. The number of nitrogens with zero attached hydrogens (tertiary/aromatic N) is 2. The maximum absolute atomic E-state index is 12.3. The topological polar surface area (TPSA) is 55.6 Å². The number of anilines is 1. The Morgan fingerprint density at radius 3 is 2.89 bits per heavy atom. The fourth-order valence-corrected chi connectivity index (χ4v) is 3.59. The Morgan fingerprint density at radius 1 is 1.25 bits per heavy atom. The Labute approximate surface area is 166 Å². The van der Waals surface area contributed by atoms with Crippen LogP contribution in [-0.4, -0.2) is 22.4 Å². The van der Waals surface area contributed by atoms with Crippen molar-refractivity contribution in [2.45, 2.75) is 6.92 Å². The van der Waals surface area contributed by atoms with Crippen LogP contribution >= 0.6 is 11.3 Å². The number of carbonyl (C=O) groups is 1. The van der Waals surface area contributed by atoms with Crippen molar-refractivity contribution in [1.29, 1.82) is 0 Å². The summed E-state index contributed by atoms with van der Waals surface area (Å²) in [5.41, 5.74) is 4.37. The number of methoxy groups -OCH3 is 1. The average molecular weight is 389 g/mol. The zero-order chi connectivity index (χ0) is 19.5. The van der Waals surface area contributed by atoms with E-state index in [1.54, 1.807) is 24.5 Å². The minimum Gasteiger partial charge on any atom is -0.495 e. The number of aryl methyl sites for hydroxylation is 1. The highest BCUT2D eigenvalue weighted by Crippen LogP contribution is 2.31. The van der Waals surface area contributed by atoms with Gasteiger partial charge in [-0.15, -0.1) is 11.3 Å². The number of pyridine rings is 1. The van der Waals surface area contributed by atoms with Crippen molar-refractivity contribution in [1.82, 2.24) is 9.38 Å². The Hall–Kier alpha value is -3.38. The molecule has 0 radical (unpaired) electrons. The van der Waals surface area contributed by atoms with Crippen molar-refractivity contribution in [3.8, 4) is 17.0 Å². The fraction of sp³-hybridized carbons (Fsp3) is 0.0909. The summed E-state index contributed by atoms with van der Waals surface area (Å²) in [4.78, 5) is 18.1. The first kappa shape index (κ1) is 18.0. The maximum atomic E-state index is 12.3. The van der Waals surface area contributed by atoms with Crippen molar-refractivity contribution in [3.63, 3.8) is 0 Å². The standard InChI is InChI=1S/C22H19N3O2S/c1-15-5-3-11-25-14-19(24-22(15)25)16-7-9-20(27-2)18(13-16)23-21(26)10-8-17-6-4-12-28-17/h3-14H,1-2H3,(H,23,26)/b10-8+. The Kier molecular flexibility index (Phi) is 4.95. The van der Waals surface area contributed by atoms with Crippen LogP contribution in [0.25, 0.3) is 23.0 Å². The molecule has 1 aromatic carbocycles. The maximum Gasteiger partial charge on any atom is 0.248 e. The molecule has 0 unspecified atom stereocenters. The summed E-state index contributed by atoms with van der Waals surface area (Å²) in [5, 5.41) is 4.87. The lowest BCUT2D eigenvalue weighted by Crippen LogP contribution is -2.09. The number of rotatable bonds is 5. The molecule has 3 aromatic heterocycles. The van der Waals surface area contributed by atoms with Gasteiger partial charge in [-0.25, -0.2) is 4.98 Å². The number of hydrogen-bond acceptors (Lipinski definition) is 4. The minimum absolute atomic E-state index is 0.213. The van der Waals surface area contributed by atoms with Gasteiger partial charge in [0.05, 0.1) is 18.5 Å². The lowest BCUT2D eigenvalue weighted by molar-refractivity contribution is -0.111. The monoisotopic (exact) mass is 389 g/mol. The van der Waals surface area contributed by atoms with Gasteiger partial charge in [0, 0.05) is 28.9 Å². The van der Waals surface area contributed by atoms with Crippen LogP contribution in [0.2, 0.25) is 0 Å². The molecule has 1 N–H and O–H groups in total. The SMILES string of the molecule is COc1ccc(-c2cn3cccc(C)c3n2)cc1NC(=O)/C=C/c1cccs1. The molecule has 1 amide bonds. The fourth-order valence-electron chi connectivity index (χ4n) is 2.98. The molecule has 4 aromatic rings. The molecule has 3 heterocycles. The van der Waals surface area contributed by atoms with E-state index >= 15 is 0 Å². The number of nitrogens with one attached hydrogen (secondary N) is 1. The van der Waals surface area contributed by atoms with E-state index < -0.39 is 0 Å². The van der Waals surface area contributed by atoms with Gasteiger partial charge in [0.25, 0.3) is 0 Å². The summed E-state index contributed by atoms with van der Waals surface area (Å²) in [6, 6.07) is 13.6. The smallest absolute Gasteiger partial charge is 0.248 e. The first-order chi connectivity index (χ1) is 13.6. The third-order valence-electron chi connectivity index (χ3n) is 4.37. The summed E-state index contributed by atoms with van der Waals surface area (Å²) >= 11 is 1.58. The molecule has 0 bridgehead atoms. The van der Waals surface area contributed by atoms with Crippen LogP contribution in [-0.2, 0) is 4.79 Å². The number of amides is 1. The number of aromatic nitrogens is 2. The second-order valence-electron chi connectivity index (χ2n) is 6.30. The van der Waals surface area contributed by atoms with Gasteiger partial charge in [0.2, 0.25) is 5.91 Å². The zero-order valence-electron chi connectivity index (χ0n) is 15.5. The van der Waals surface area contributed by atoms with E-state index in [1.165, 1.54) is 6.08 Å². The first-order valence-electron chi connectivity index (χ1n) is 8.79. The van der Waals surface area contributed by atoms with Crippen LogP contribution in [0.3, 0.4) is 0 Å². The highest BCUT2D eigenvalue weighted by molar-refractivity contribution is 7.10. The van der Waals surface area contributed by atoms with E-state index in [4.69, 9.17) is 9.72 Å². The molecule has 5 nitrogen and oxygen atoms in total. The predicted molar refractivity (Wildman–Crippen MR) is 114 cm³/mol. The second kappa shape index (κ2) is 7.70. The number of ether oxygens (including phenoxy) is 1. The van der Waals surface area contributed by atoms with Crippen LogP contribution in [0.1, 0.15) is 10.4 Å². The van der Waals surface area contributed by atoms with E-state index in [2.05, 4.69) is 5.32 Å². The van der Waals surface area contributed by atoms with Gasteiger partial charge < -0.3 is 14.5 Å².